The molecule has 1 saturated carbocycles. The van der Waals surface area contributed by atoms with Gasteiger partial charge >= 0.3 is 5.97 Å². The average Bonchev–Trinajstić information content (AvgIpc) is 2.92. The van der Waals surface area contributed by atoms with Gasteiger partial charge in [-0.3, -0.25) is 4.79 Å². The maximum Gasteiger partial charge on any atom is 0.330 e. The summed E-state index contributed by atoms with van der Waals surface area (Å²) in [5.41, 5.74) is 5.68. The third kappa shape index (κ3) is 6.48. The molecule has 0 heterocycles. The summed E-state index contributed by atoms with van der Waals surface area (Å²) in [6.45, 7) is 2.05. The number of hydrogen-bond donors (Lipinski definition) is 1. The first-order valence-corrected chi connectivity index (χ1v) is 12.8. The molecule has 0 unspecified atom stereocenters. The molecule has 3 aromatic rings. The van der Waals surface area contributed by atoms with Crippen molar-refractivity contribution in [1.29, 1.82) is 0 Å². The van der Waals surface area contributed by atoms with Gasteiger partial charge in [-0.1, -0.05) is 61.7 Å². The molecule has 1 N–H and O–H groups in total. The Morgan fingerprint density at radius 1 is 0.919 bits per heavy atom. The van der Waals surface area contributed by atoms with Gasteiger partial charge in [-0.25, -0.2) is 4.79 Å². The van der Waals surface area contributed by atoms with Gasteiger partial charge in [0.05, 0.1) is 19.6 Å². The van der Waals surface area contributed by atoms with Crippen molar-refractivity contribution in [3.8, 4) is 16.9 Å². The van der Waals surface area contributed by atoms with E-state index in [1.807, 2.05) is 37.3 Å². The van der Waals surface area contributed by atoms with Gasteiger partial charge < -0.3 is 14.8 Å². The van der Waals surface area contributed by atoms with Crippen LogP contribution in [-0.4, -0.2) is 26.1 Å². The predicted octanol–water partition coefficient (Wildman–Crippen LogP) is 6.99. The van der Waals surface area contributed by atoms with Crippen molar-refractivity contribution < 1.29 is 19.1 Å². The van der Waals surface area contributed by atoms with Crippen LogP contribution in [0, 0.1) is 12.3 Å². The number of rotatable bonds is 8. The average molecular weight is 498 g/mol. The molecule has 0 aromatic heterocycles. The second kappa shape index (κ2) is 11.9. The summed E-state index contributed by atoms with van der Waals surface area (Å²) < 4.78 is 10.1. The number of aryl methyl sites for hydroxylation is 1. The lowest BCUT2D eigenvalue weighted by Crippen LogP contribution is -2.40. The fourth-order valence-electron chi connectivity index (χ4n) is 5.19. The summed E-state index contributed by atoms with van der Waals surface area (Å²) in [7, 11) is 3.04. The summed E-state index contributed by atoms with van der Waals surface area (Å²) in [4.78, 5) is 25.1. The molecular weight excluding hydrogens is 462 g/mol. The summed E-state index contributed by atoms with van der Waals surface area (Å²) >= 11 is 0. The Morgan fingerprint density at radius 2 is 1.65 bits per heavy atom. The third-order valence-corrected chi connectivity index (χ3v) is 7.27. The van der Waals surface area contributed by atoms with Crippen molar-refractivity contribution in [2.24, 2.45) is 5.41 Å². The minimum absolute atomic E-state index is 0.0659. The minimum atomic E-state index is -0.436. The summed E-state index contributed by atoms with van der Waals surface area (Å²) in [5.74, 6) is 0.538. The molecule has 0 spiro atoms. The van der Waals surface area contributed by atoms with E-state index < -0.39 is 11.4 Å². The highest BCUT2D eigenvalue weighted by atomic mass is 16.5. The number of esters is 1. The first kappa shape index (κ1) is 26.2. The van der Waals surface area contributed by atoms with Gasteiger partial charge in [-0.05, 0) is 84.3 Å². The molecule has 5 nitrogen and oxygen atoms in total. The molecule has 37 heavy (non-hydrogen) atoms. The Bertz CT molecular complexity index is 1270. The second-order valence-electron chi connectivity index (χ2n) is 9.84. The molecule has 0 radical (unpaired) electrons. The summed E-state index contributed by atoms with van der Waals surface area (Å²) in [6, 6.07) is 22.3. The first-order chi connectivity index (χ1) is 17.9. The lowest BCUT2D eigenvalue weighted by Gasteiger charge is -2.36. The van der Waals surface area contributed by atoms with E-state index in [1.54, 1.807) is 13.2 Å². The maximum absolute atomic E-state index is 13.7. The zero-order valence-corrected chi connectivity index (χ0v) is 21.9. The molecule has 0 aliphatic heterocycles. The van der Waals surface area contributed by atoms with Crippen molar-refractivity contribution in [2.45, 2.75) is 45.4 Å². The largest absolute Gasteiger partial charge is 0.496 e. The number of amides is 1. The van der Waals surface area contributed by atoms with E-state index in [4.69, 9.17) is 4.74 Å². The highest BCUT2D eigenvalue weighted by Gasteiger charge is 2.39. The highest BCUT2D eigenvalue weighted by Crippen LogP contribution is 2.41. The van der Waals surface area contributed by atoms with Crippen molar-refractivity contribution in [3.63, 3.8) is 0 Å². The van der Waals surface area contributed by atoms with Crippen molar-refractivity contribution >= 4 is 23.6 Å². The molecule has 3 aromatic carbocycles. The van der Waals surface area contributed by atoms with E-state index in [-0.39, 0.29) is 5.91 Å². The number of carbonyl (C=O) groups is 2. The maximum atomic E-state index is 13.7. The van der Waals surface area contributed by atoms with E-state index in [9.17, 15) is 9.59 Å². The molecule has 1 aliphatic rings. The first-order valence-electron chi connectivity index (χ1n) is 12.8. The fraction of sp³-hybridized carbons (Fsp3) is 0.312. The van der Waals surface area contributed by atoms with Gasteiger partial charge in [-0.15, -0.1) is 0 Å². The molecule has 0 bridgehead atoms. The molecule has 192 valence electrons. The van der Waals surface area contributed by atoms with E-state index in [0.29, 0.717) is 6.42 Å². The zero-order valence-electron chi connectivity index (χ0n) is 21.9. The Hall–Kier alpha value is -3.86. The smallest absolute Gasteiger partial charge is 0.330 e. The topological polar surface area (TPSA) is 64.6 Å². The molecular formula is C32H35NO4. The number of methoxy groups -OCH3 is 2. The lowest BCUT2D eigenvalue weighted by atomic mass is 9.69. The SMILES string of the molecule is COC(=O)/C=C/c1cccc(NC(=O)C2(Cc3ccc(-c4ccc(OC)c(C)c4)cc3)CCCCC2)c1. The van der Waals surface area contributed by atoms with E-state index in [1.165, 1.54) is 25.2 Å². The van der Waals surface area contributed by atoms with Crippen LogP contribution in [0.25, 0.3) is 17.2 Å². The van der Waals surface area contributed by atoms with Crippen LogP contribution in [0.15, 0.2) is 72.8 Å². The number of carbonyl (C=O) groups excluding carboxylic acids is 2. The zero-order chi connectivity index (χ0) is 26.3. The van der Waals surface area contributed by atoms with Gasteiger partial charge in [-0.2, -0.15) is 0 Å². The Labute approximate surface area is 219 Å². The van der Waals surface area contributed by atoms with Crippen molar-refractivity contribution in [3.05, 3.63) is 89.5 Å². The van der Waals surface area contributed by atoms with Crippen LogP contribution < -0.4 is 10.1 Å². The van der Waals surface area contributed by atoms with Crippen LogP contribution in [0.2, 0.25) is 0 Å². The normalized spacial score (nSPS) is 14.8. The quantitative estimate of drug-likeness (QED) is 0.269. The lowest BCUT2D eigenvalue weighted by molar-refractivity contribution is -0.134. The molecule has 4 rings (SSSR count). The van der Waals surface area contributed by atoms with Crippen molar-refractivity contribution in [2.75, 3.05) is 19.5 Å². The Balaban J connectivity index is 1.51. The summed E-state index contributed by atoms with van der Waals surface area (Å²) in [5, 5.41) is 3.17. The number of benzene rings is 3. The van der Waals surface area contributed by atoms with Gasteiger partial charge in [0.25, 0.3) is 0 Å². The summed E-state index contributed by atoms with van der Waals surface area (Å²) in [6.07, 6.45) is 8.79. The minimum Gasteiger partial charge on any atom is -0.496 e. The van der Waals surface area contributed by atoms with Gasteiger partial charge in [0.1, 0.15) is 5.75 Å². The molecule has 0 saturated heterocycles. The predicted molar refractivity (Wildman–Crippen MR) is 149 cm³/mol. The van der Waals surface area contributed by atoms with Gasteiger partial charge in [0.2, 0.25) is 5.91 Å². The van der Waals surface area contributed by atoms with E-state index in [0.717, 1.165) is 59.4 Å². The van der Waals surface area contributed by atoms with Crippen LogP contribution in [0.3, 0.4) is 0 Å². The third-order valence-electron chi connectivity index (χ3n) is 7.27. The number of nitrogens with one attached hydrogen (secondary N) is 1. The second-order valence-corrected chi connectivity index (χ2v) is 9.84. The fourth-order valence-corrected chi connectivity index (χ4v) is 5.19. The molecule has 1 aliphatic carbocycles. The molecule has 1 amide bonds. The van der Waals surface area contributed by atoms with Crippen molar-refractivity contribution in [1.82, 2.24) is 0 Å². The van der Waals surface area contributed by atoms with Crippen LogP contribution in [0.4, 0.5) is 5.69 Å². The molecule has 0 atom stereocenters. The van der Waals surface area contributed by atoms with Crippen LogP contribution in [0.1, 0.15) is 48.8 Å². The van der Waals surface area contributed by atoms with E-state index in [2.05, 4.69) is 46.5 Å². The molecule has 5 heteroatoms. The van der Waals surface area contributed by atoms with Crippen LogP contribution in [0.5, 0.6) is 5.75 Å². The Morgan fingerprint density at radius 3 is 2.32 bits per heavy atom. The van der Waals surface area contributed by atoms with E-state index >= 15 is 0 Å². The molecule has 1 fully saturated rings. The standard InChI is InChI=1S/C32H35NO4/c1-23-20-27(15-16-29(23)36-2)26-13-10-25(11-14-26)22-32(18-5-4-6-19-32)31(35)33-28-9-7-8-24(21-28)12-17-30(34)37-3/h7-17,20-21H,4-6,18-19,22H2,1-3H3,(H,33,35)/b17-12+. The van der Waals surface area contributed by atoms with Crippen LogP contribution in [-0.2, 0) is 20.7 Å². The number of hydrogen-bond acceptors (Lipinski definition) is 4. The van der Waals surface area contributed by atoms with Crippen LogP contribution >= 0.6 is 0 Å². The monoisotopic (exact) mass is 497 g/mol. The number of ether oxygens (including phenoxy) is 2. The number of anilines is 1. The van der Waals surface area contributed by atoms with Gasteiger partial charge in [0, 0.05) is 11.8 Å². The highest BCUT2D eigenvalue weighted by molar-refractivity contribution is 5.96. The van der Waals surface area contributed by atoms with Gasteiger partial charge in [0.15, 0.2) is 0 Å². The Kier molecular flexibility index (Phi) is 8.44.